The van der Waals surface area contributed by atoms with Gasteiger partial charge in [-0.3, -0.25) is 0 Å². The first-order valence-corrected chi connectivity index (χ1v) is 7.70. The van der Waals surface area contributed by atoms with Gasteiger partial charge in [0.25, 0.3) is 0 Å². The van der Waals surface area contributed by atoms with Crippen LogP contribution in [0.4, 0.5) is 0 Å². The van der Waals surface area contributed by atoms with Gasteiger partial charge in [0.05, 0.1) is 0 Å². The summed E-state index contributed by atoms with van der Waals surface area (Å²) in [5.74, 6) is 0. The molecule has 0 N–H and O–H groups in total. The van der Waals surface area contributed by atoms with Crippen LogP contribution in [0.3, 0.4) is 0 Å². The van der Waals surface area contributed by atoms with E-state index in [0.717, 1.165) is 5.25 Å². The zero-order valence-corrected chi connectivity index (χ0v) is 9.83. The highest BCUT2D eigenvalue weighted by Crippen LogP contribution is 2.29. The molecule has 0 aliphatic carbocycles. The molecule has 0 nitrogen and oxygen atoms in total. The topological polar surface area (TPSA) is 0 Å². The minimum atomic E-state index is 0.981. The number of rotatable bonds is 6. The van der Waals surface area contributed by atoms with Crippen molar-refractivity contribution in [3.05, 3.63) is 0 Å². The van der Waals surface area contributed by atoms with E-state index >= 15 is 0 Å². The molecule has 1 saturated heterocycles. The van der Waals surface area contributed by atoms with Crippen LogP contribution in [0.15, 0.2) is 0 Å². The highest BCUT2D eigenvalue weighted by molar-refractivity contribution is 8.23. The Morgan fingerprint density at radius 1 is 1.42 bits per heavy atom. The van der Waals surface area contributed by atoms with Gasteiger partial charge in [0, 0.05) is 0 Å². The van der Waals surface area contributed by atoms with E-state index in [0.29, 0.717) is 0 Å². The third kappa shape index (κ3) is 4.77. The van der Waals surface area contributed by atoms with Crippen LogP contribution < -0.4 is 0 Å². The molecule has 1 heterocycles. The van der Waals surface area contributed by atoms with Crippen LogP contribution in [0.5, 0.6) is 0 Å². The van der Waals surface area contributed by atoms with Gasteiger partial charge < -0.3 is 0 Å². The maximum atomic E-state index is 2.39. The molecule has 0 bridgehead atoms. The Morgan fingerprint density at radius 2 is 2.33 bits per heavy atom. The van der Waals surface area contributed by atoms with E-state index < -0.39 is 0 Å². The Hall–Kier alpha value is 0.845. The molecule has 0 saturated carbocycles. The molecule has 12 heavy (non-hydrogen) atoms. The largest absolute Gasteiger partial charge is 0.215 e. The Balaban J connectivity index is 1.81. The third-order valence-electron chi connectivity index (χ3n) is 2.35. The third-order valence-corrected chi connectivity index (χ3v) is 4.49. The summed E-state index contributed by atoms with van der Waals surface area (Å²) in [5, 5.41) is 0.981. The molecule has 2 unspecified atom stereocenters. The average molecular weight is 201 g/mol. The van der Waals surface area contributed by atoms with E-state index in [1.807, 2.05) is 0 Å². The van der Waals surface area contributed by atoms with Crippen molar-refractivity contribution in [3.63, 3.8) is 0 Å². The Labute approximate surface area is 83.6 Å². The van der Waals surface area contributed by atoms with Crippen molar-refractivity contribution in [1.29, 1.82) is 0 Å². The van der Waals surface area contributed by atoms with Crippen molar-refractivity contribution in [2.75, 3.05) is 12.8 Å². The van der Waals surface area contributed by atoms with Gasteiger partial charge in [-0.15, -0.1) is 8.58 Å². The number of hydrogen-bond acceptors (Lipinski definition) is 1. The first kappa shape index (κ1) is 10.9. The van der Waals surface area contributed by atoms with Crippen LogP contribution in [0, 0.1) is 0 Å². The molecule has 1 aliphatic rings. The molecule has 1 radical (unpaired) electrons. The molecule has 1 rings (SSSR count). The fraction of sp³-hybridized carbons (Fsp3) is 1.00. The molecule has 0 aromatic rings. The van der Waals surface area contributed by atoms with Gasteiger partial charge in [0.15, 0.2) is 6.56 Å². The summed E-state index contributed by atoms with van der Waals surface area (Å²) in [6.07, 6.45) is 10.1. The normalized spacial score (nSPS) is 23.6. The first-order valence-electron chi connectivity index (χ1n) is 5.05. The fourth-order valence-corrected chi connectivity index (χ4v) is 3.31. The van der Waals surface area contributed by atoms with Gasteiger partial charge >= 0.3 is 0 Å². The van der Waals surface area contributed by atoms with E-state index in [1.165, 1.54) is 53.2 Å². The molecule has 0 aromatic carbocycles. The van der Waals surface area contributed by atoms with E-state index in [-0.39, 0.29) is 0 Å². The zero-order chi connectivity index (χ0) is 8.65. The van der Waals surface area contributed by atoms with Crippen LogP contribution in [-0.4, -0.2) is 24.6 Å². The molecule has 0 amide bonds. The minimum absolute atomic E-state index is 0.981. The predicted molar refractivity (Wildman–Crippen MR) is 64.1 cm³/mol. The van der Waals surface area contributed by atoms with E-state index in [1.54, 1.807) is 0 Å². The second-order valence-corrected chi connectivity index (χ2v) is 5.93. The van der Waals surface area contributed by atoms with E-state index in [9.17, 15) is 0 Å². The van der Waals surface area contributed by atoms with Gasteiger partial charge in [-0.2, -0.15) is 0 Å². The molecule has 1 fully saturated rings. The van der Waals surface area contributed by atoms with E-state index in [4.69, 9.17) is 0 Å². The van der Waals surface area contributed by atoms with Gasteiger partial charge in [0.1, 0.15) is 0 Å². The molecule has 69 valence electrons. The molecule has 3 heteroatoms. The highest BCUT2D eigenvalue weighted by Gasteiger charge is 2.14. The van der Waals surface area contributed by atoms with Crippen molar-refractivity contribution < 1.29 is 0 Å². The number of unbranched alkanes of at least 4 members (excludes halogenated alkanes) is 2. The Morgan fingerprint density at radius 3 is 3.00 bits per heavy atom. The average Bonchev–Trinajstić information content (AvgIpc) is 2.57. The summed E-state index contributed by atoms with van der Waals surface area (Å²) >= 11 is 2.08. The lowest BCUT2D eigenvalue weighted by molar-refractivity contribution is 0.642. The van der Waals surface area contributed by atoms with Crippen LogP contribution in [-0.2, 0) is 0 Å². The quantitative estimate of drug-likeness (QED) is 0.360. The van der Waals surface area contributed by atoms with Gasteiger partial charge in [-0.05, 0) is 37.3 Å². The molecule has 0 aromatic heterocycles. The second-order valence-electron chi connectivity index (χ2n) is 3.45. The summed E-state index contributed by atoms with van der Waals surface area (Å²) in [7, 11) is 1.17. The smallest absolute Gasteiger partial charge is 0.192 e. The highest BCUT2D eigenvalue weighted by atomic mass is 32.2. The zero-order valence-electron chi connectivity index (χ0n) is 8.01. The molecule has 1 aliphatic heterocycles. The van der Waals surface area contributed by atoms with Crippen molar-refractivity contribution in [2.24, 2.45) is 0 Å². The Bertz CT molecular complexity index is 105. The van der Waals surface area contributed by atoms with Crippen LogP contribution in [0.1, 0.15) is 32.1 Å². The van der Waals surface area contributed by atoms with Crippen LogP contribution >= 0.6 is 20.2 Å². The lowest BCUT2D eigenvalue weighted by Gasteiger charge is -2.07. The number of hydrogen-bond donors (Lipinski definition) is 0. The molecule has 2 atom stereocenters. The molecular formula is C9H19BPS. The lowest BCUT2D eigenvalue weighted by atomic mass is 9.98. The van der Waals surface area contributed by atoms with Gasteiger partial charge in [-0.25, -0.2) is 11.6 Å². The van der Waals surface area contributed by atoms with Gasteiger partial charge in [-0.1, -0.05) is 19.2 Å². The first-order chi connectivity index (χ1) is 5.93. The van der Waals surface area contributed by atoms with Crippen LogP contribution in [0.2, 0.25) is 6.32 Å². The van der Waals surface area contributed by atoms with Crippen LogP contribution in [0.25, 0.3) is 0 Å². The fourth-order valence-electron chi connectivity index (χ4n) is 1.59. The maximum absolute atomic E-state index is 2.39. The second kappa shape index (κ2) is 7.27. The SMILES string of the molecule is CPCCCCCC1CC[B]S1. The maximum Gasteiger partial charge on any atom is 0.192 e. The van der Waals surface area contributed by atoms with Crippen molar-refractivity contribution in [3.8, 4) is 0 Å². The summed E-state index contributed by atoms with van der Waals surface area (Å²) in [4.78, 5) is 0. The van der Waals surface area contributed by atoms with Gasteiger partial charge in [0.2, 0.25) is 0 Å². The Kier molecular flexibility index (Phi) is 6.62. The monoisotopic (exact) mass is 201 g/mol. The van der Waals surface area contributed by atoms with E-state index in [2.05, 4.69) is 24.8 Å². The van der Waals surface area contributed by atoms with Crippen molar-refractivity contribution in [1.82, 2.24) is 0 Å². The van der Waals surface area contributed by atoms with Crippen molar-refractivity contribution in [2.45, 2.75) is 43.7 Å². The summed E-state index contributed by atoms with van der Waals surface area (Å²) in [5.41, 5.74) is 0. The lowest BCUT2D eigenvalue weighted by Crippen LogP contribution is -1.95. The summed E-state index contributed by atoms with van der Waals surface area (Å²) < 4.78 is 0. The molecule has 0 spiro atoms. The predicted octanol–water partition coefficient (Wildman–Crippen LogP) is 3.40. The van der Waals surface area contributed by atoms with Crippen molar-refractivity contribution >= 4 is 26.8 Å². The molecular weight excluding hydrogens is 182 g/mol. The minimum Gasteiger partial charge on any atom is -0.215 e. The summed E-state index contributed by atoms with van der Waals surface area (Å²) in [6, 6.07) is 0. The summed E-state index contributed by atoms with van der Waals surface area (Å²) in [6.45, 7) is 4.69. The standard InChI is InChI=1S/C9H19BPS/c1-11-8-4-2-3-5-9-6-7-10-12-9/h9,11H,2-8H2,1H3.